The van der Waals surface area contributed by atoms with Crippen LogP contribution in [0.2, 0.25) is 0 Å². The topological polar surface area (TPSA) is 86.0 Å². The summed E-state index contributed by atoms with van der Waals surface area (Å²) in [7, 11) is 1.47. The first-order valence-electron chi connectivity index (χ1n) is 8.37. The average Bonchev–Trinajstić information content (AvgIpc) is 2.95. The molecule has 0 fully saturated rings. The quantitative estimate of drug-likeness (QED) is 0.664. The number of ether oxygens (including phenoxy) is 2. The molecule has 1 aromatic heterocycles. The number of hydrogen-bond acceptors (Lipinski definition) is 6. The number of phenols is 1. The average molecular weight is 356 g/mol. The number of esters is 1. The highest BCUT2D eigenvalue weighted by Crippen LogP contribution is 2.34. The Bertz CT molecular complexity index is 903. The number of carbonyl (C=O) groups is 2. The minimum Gasteiger partial charge on any atom is -0.504 e. The van der Waals surface area contributed by atoms with Crippen molar-refractivity contribution in [3.63, 3.8) is 0 Å². The first-order valence-corrected chi connectivity index (χ1v) is 8.37. The van der Waals surface area contributed by atoms with Crippen LogP contribution in [-0.2, 0) is 11.2 Å². The lowest BCUT2D eigenvalue weighted by molar-refractivity contribution is 0.0486. The van der Waals surface area contributed by atoms with Gasteiger partial charge in [-0.3, -0.25) is 4.79 Å². The zero-order valence-electron chi connectivity index (χ0n) is 14.9. The van der Waals surface area contributed by atoms with Gasteiger partial charge in [0, 0.05) is 17.6 Å². The van der Waals surface area contributed by atoms with Gasteiger partial charge in [-0.25, -0.2) is 4.79 Å². The SMILES string of the molecule is CCOC(=O)c1oc2c(c1C)C(=O)/C(=C/c1ccc(OC)c(O)c1)CC2. The number of fused-ring (bicyclic) bond motifs is 1. The van der Waals surface area contributed by atoms with Crippen LogP contribution in [0.4, 0.5) is 0 Å². The van der Waals surface area contributed by atoms with E-state index in [1.807, 2.05) is 0 Å². The third-order valence-electron chi connectivity index (χ3n) is 4.36. The van der Waals surface area contributed by atoms with Gasteiger partial charge in [-0.15, -0.1) is 0 Å². The van der Waals surface area contributed by atoms with Crippen LogP contribution in [0.5, 0.6) is 11.5 Å². The number of phenolic OH excluding ortho intramolecular Hbond substituents is 1. The Labute approximate surface area is 151 Å². The Morgan fingerprint density at radius 3 is 2.77 bits per heavy atom. The molecular formula is C20H20O6. The van der Waals surface area contributed by atoms with E-state index in [1.165, 1.54) is 7.11 Å². The van der Waals surface area contributed by atoms with Gasteiger partial charge in [0.25, 0.3) is 0 Å². The number of Topliss-reactive ketones (excluding diaryl/α,β-unsaturated/α-hetero) is 1. The van der Waals surface area contributed by atoms with Gasteiger partial charge < -0.3 is 19.0 Å². The monoisotopic (exact) mass is 356 g/mol. The van der Waals surface area contributed by atoms with E-state index in [1.54, 1.807) is 38.1 Å². The van der Waals surface area contributed by atoms with Gasteiger partial charge in [-0.2, -0.15) is 0 Å². The van der Waals surface area contributed by atoms with Crippen LogP contribution in [0.1, 0.15) is 51.1 Å². The van der Waals surface area contributed by atoms with E-state index >= 15 is 0 Å². The van der Waals surface area contributed by atoms with E-state index in [2.05, 4.69) is 0 Å². The summed E-state index contributed by atoms with van der Waals surface area (Å²) in [5.74, 6) is 0.263. The highest BCUT2D eigenvalue weighted by molar-refractivity contribution is 6.14. The molecule has 0 unspecified atom stereocenters. The van der Waals surface area contributed by atoms with Crippen LogP contribution < -0.4 is 4.74 Å². The van der Waals surface area contributed by atoms with Crippen LogP contribution >= 0.6 is 0 Å². The summed E-state index contributed by atoms with van der Waals surface area (Å²) >= 11 is 0. The highest BCUT2D eigenvalue weighted by atomic mass is 16.5. The maximum absolute atomic E-state index is 12.9. The van der Waals surface area contributed by atoms with Crippen molar-refractivity contribution in [1.82, 2.24) is 0 Å². The molecule has 0 amide bonds. The lowest BCUT2D eigenvalue weighted by Gasteiger charge is -2.13. The second-order valence-corrected chi connectivity index (χ2v) is 6.00. The van der Waals surface area contributed by atoms with Crippen molar-refractivity contribution >= 4 is 17.8 Å². The Hall–Kier alpha value is -3.02. The number of rotatable bonds is 4. The van der Waals surface area contributed by atoms with E-state index in [9.17, 15) is 14.7 Å². The van der Waals surface area contributed by atoms with Gasteiger partial charge in [-0.1, -0.05) is 6.07 Å². The first-order chi connectivity index (χ1) is 12.5. The zero-order valence-corrected chi connectivity index (χ0v) is 14.9. The summed E-state index contributed by atoms with van der Waals surface area (Å²) in [6.07, 6.45) is 2.75. The van der Waals surface area contributed by atoms with Gasteiger partial charge in [-0.05, 0) is 44.0 Å². The van der Waals surface area contributed by atoms with Crippen LogP contribution in [0.25, 0.3) is 6.08 Å². The van der Waals surface area contributed by atoms with Gasteiger partial charge in [0.05, 0.1) is 19.3 Å². The summed E-state index contributed by atoms with van der Waals surface area (Å²) in [6.45, 7) is 3.64. The maximum atomic E-state index is 12.9. The Kier molecular flexibility index (Phi) is 4.84. The van der Waals surface area contributed by atoms with E-state index in [0.29, 0.717) is 46.6 Å². The number of ketones is 1. The fourth-order valence-corrected chi connectivity index (χ4v) is 3.10. The molecule has 26 heavy (non-hydrogen) atoms. The number of furan rings is 1. The van der Waals surface area contributed by atoms with Gasteiger partial charge in [0.15, 0.2) is 17.3 Å². The van der Waals surface area contributed by atoms with Crippen molar-refractivity contribution in [3.8, 4) is 11.5 Å². The van der Waals surface area contributed by atoms with E-state index in [4.69, 9.17) is 13.9 Å². The van der Waals surface area contributed by atoms with Crippen molar-refractivity contribution in [2.45, 2.75) is 26.7 Å². The number of aryl methyl sites for hydroxylation is 1. The third-order valence-corrected chi connectivity index (χ3v) is 4.36. The Morgan fingerprint density at radius 1 is 1.35 bits per heavy atom. The molecule has 1 N–H and O–H groups in total. The standard InChI is InChI=1S/C20H20O6/c1-4-25-20(23)19-11(2)17-16(26-19)8-6-13(18(17)22)9-12-5-7-15(24-3)14(21)10-12/h5,7,9-10,21H,4,6,8H2,1-3H3/b13-9+. The summed E-state index contributed by atoms with van der Waals surface area (Å²) in [5.41, 5.74) is 2.23. The Morgan fingerprint density at radius 2 is 2.12 bits per heavy atom. The molecule has 1 aromatic carbocycles. The van der Waals surface area contributed by atoms with Crippen molar-refractivity contribution in [3.05, 3.63) is 52.0 Å². The second kappa shape index (κ2) is 7.07. The molecule has 0 bridgehead atoms. The van der Waals surface area contributed by atoms with Crippen LogP contribution in [0.3, 0.4) is 0 Å². The maximum Gasteiger partial charge on any atom is 0.374 e. The minimum atomic E-state index is -0.558. The third kappa shape index (κ3) is 3.10. The number of hydrogen-bond donors (Lipinski definition) is 1. The molecule has 3 rings (SSSR count). The first kappa shape index (κ1) is 17.8. The normalized spacial score (nSPS) is 15.0. The fraction of sp³-hybridized carbons (Fsp3) is 0.300. The van der Waals surface area contributed by atoms with E-state index in [-0.39, 0.29) is 23.9 Å². The zero-order chi connectivity index (χ0) is 18.8. The fourth-order valence-electron chi connectivity index (χ4n) is 3.10. The van der Waals surface area contributed by atoms with Gasteiger partial charge >= 0.3 is 5.97 Å². The number of aromatic hydroxyl groups is 1. The second-order valence-electron chi connectivity index (χ2n) is 6.00. The molecule has 6 nitrogen and oxygen atoms in total. The Balaban J connectivity index is 1.95. The smallest absolute Gasteiger partial charge is 0.374 e. The van der Waals surface area contributed by atoms with Crippen molar-refractivity contribution in [2.24, 2.45) is 0 Å². The summed E-state index contributed by atoms with van der Waals surface area (Å²) < 4.78 is 15.6. The van der Waals surface area contributed by atoms with Gasteiger partial charge in [0.1, 0.15) is 5.76 Å². The molecule has 6 heteroatoms. The van der Waals surface area contributed by atoms with E-state index in [0.717, 1.165) is 0 Å². The number of benzene rings is 1. The van der Waals surface area contributed by atoms with Gasteiger partial charge in [0.2, 0.25) is 5.76 Å². The molecule has 1 aliphatic rings. The summed E-state index contributed by atoms with van der Waals surface area (Å²) in [5, 5.41) is 9.90. The molecule has 0 saturated carbocycles. The molecule has 2 aromatic rings. The molecule has 136 valence electrons. The largest absolute Gasteiger partial charge is 0.504 e. The van der Waals surface area contributed by atoms with Crippen LogP contribution in [0, 0.1) is 6.92 Å². The predicted molar refractivity (Wildman–Crippen MR) is 94.7 cm³/mol. The van der Waals surface area contributed by atoms with Crippen molar-refractivity contribution in [1.29, 1.82) is 0 Å². The molecule has 0 atom stereocenters. The number of allylic oxidation sites excluding steroid dienone is 1. The lowest BCUT2D eigenvalue weighted by atomic mass is 9.88. The van der Waals surface area contributed by atoms with Crippen molar-refractivity contribution < 1.29 is 28.6 Å². The number of carbonyl (C=O) groups excluding carboxylic acids is 2. The highest BCUT2D eigenvalue weighted by Gasteiger charge is 2.32. The molecule has 1 heterocycles. The molecular weight excluding hydrogens is 336 g/mol. The molecule has 0 spiro atoms. The number of methoxy groups -OCH3 is 1. The molecule has 0 radical (unpaired) electrons. The molecule has 0 aliphatic heterocycles. The summed E-state index contributed by atoms with van der Waals surface area (Å²) in [6, 6.07) is 4.95. The molecule has 0 saturated heterocycles. The van der Waals surface area contributed by atoms with Crippen molar-refractivity contribution in [2.75, 3.05) is 13.7 Å². The lowest BCUT2D eigenvalue weighted by Crippen LogP contribution is -2.13. The molecule has 1 aliphatic carbocycles. The van der Waals surface area contributed by atoms with Crippen LogP contribution in [0.15, 0.2) is 28.2 Å². The minimum absolute atomic E-state index is 0.00915. The predicted octanol–water partition coefficient (Wildman–Crippen LogP) is 3.69. The van der Waals surface area contributed by atoms with Crippen LogP contribution in [-0.4, -0.2) is 30.6 Å². The summed E-state index contributed by atoms with van der Waals surface area (Å²) in [4.78, 5) is 24.9. The van der Waals surface area contributed by atoms with E-state index < -0.39 is 5.97 Å².